The van der Waals surface area contributed by atoms with E-state index in [2.05, 4.69) is 20.9 Å². The number of halogens is 1. The number of carbonyl (C=O) groups excluding carboxylic acids is 2. The second-order valence-corrected chi connectivity index (χ2v) is 10.1. The molecule has 2 aromatic carbocycles. The fourth-order valence-electron chi connectivity index (χ4n) is 4.19. The molecule has 0 saturated heterocycles. The molecule has 9 nitrogen and oxygen atoms in total. The predicted octanol–water partition coefficient (Wildman–Crippen LogP) is 3.21. The fraction of sp³-hybridized carbons (Fsp3) is 0.231. The summed E-state index contributed by atoms with van der Waals surface area (Å²) in [5.74, 6) is 0.542. The molecule has 190 valence electrons. The van der Waals surface area contributed by atoms with Crippen LogP contribution < -0.4 is 29.1 Å². The molecule has 0 saturated carbocycles. The van der Waals surface area contributed by atoms with Gasteiger partial charge in [0.25, 0.3) is 5.56 Å². The van der Waals surface area contributed by atoms with Crippen LogP contribution in [-0.4, -0.2) is 29.9 Å². The van der Waals surface area contributed by atoms with Gasteiger partial charge in [0, 0.05) is 6.92 Å². The Hall–Kier alpha value is -3.70. The third-order valence-corrected chi connectivity index (χ3v) is 7.34. The van der Waals surface area contributed by atoms with Crippen LogP contribution in [0.1, 0.15) is 37.9 Å². The number of benzene rings is 2. The molecule has 0 fully saturated rings. The Bertz CT molecular complexity index is 1650. The molecule has 1 aromatic heterocycles. The Balaban J connectivity index is 1.66. The van der Waals surface area contributed by atoms with E-state index in [-0.39, 0.29) is 24.5 Å². The highest BCUT2D eigenvalue weighted by Crippen LogP contribution is 2.38. The van der Waals surface area contributed by atoms with Crippen molar-refractivity contribution in [1.82, 2.24) is 4.57 Å². The Kier molecular flexibility index (Phi) is 6.74. The summed E-state index contributed by atoms with van der Waals surface area (Å²) in [6.07, 6.45) is 1.73. The van der Waals surface area contributed by atoms with Gasteiger partial charge in [-0.15, -0.1) is 0 Å². The van der Waals surface area contributed by atoms with Crippen LogP contribution in [-0.2, 0) is 14.3 Å². The van der Waals surface area contributed by atoms with E-state index in [9.17, 15) is 14.4 Å². The topological polar surface area (TPSA) is 105 Å². The minimum Gasteiger partial charge on any atom is -0.463 e. The van der Waals surface area contributed by atoms with E-state index in [1.54, 1.807) is 56.3 Å². The first-order valence-electron chi connectivity index (χ1n) is 11.3. The highest BCUT2D eigenvalue weighted by molar-refractivity contribution is 9.10. The summed E-state index contributed by atoms with van der Waals surface area (Å²) in [5, 5.41) is 0. The van der Waals surface area contributed by atoms with E-state index < -0.39 is 18.0 Å². The molecule has 0 amide bonds. The number of allylic oxidation sites excluding steroid dienone is 1. The van der Waals surface area contributed by atoms with Gasteiger partial charge in [0.15, 0.2) is 16.3 Å². The first kappa shape index (κ1) is 25.0. The maximum Gasteiger partial charge on any atom is 0.338 e. The summed E-state index contributed by atoms with van der Waals surface area (Å²) in [6.45, 7) is 5.07. The van der Waals surface area contributed by atoms with Gasteiger partial charge in [0.2, 0.25) is 6.79 Å². The molecule has 2 aliphatic heterocycles. The zero-order valence-corrected chi connectivity index (χ0v) is 22.5. The van der Waals surface area contributed by atoms with Gasteiger partial charge < -0.3 is 18.9 Å². The van der Waals surface area contributed by atoms with E-state index in [0.29, 0.717) is 47.9 Å². The number of esters is 2. The third-order valence-electron chi connectivity index (χ3n) is 5.74. The number of nitrogens with zero attached hydrogens (tertiary/aromatic N) is 2. The standard InChI is InChI=1S/C26H21BrN2O7S/c1-4-33-25(32)22-13(2)28-26-29(23(22)16-6-8-19-20(11-16)35-12-34-19)24(31)21(37-26)10-15-5-7-18(17(27)9-15)36-14(3)30/h5-11,23H,4,12H2,1-3H3/b21-10-/t23-/m0/s1. The predicted molar refractivity (Wildman–Crippen MR) is 138 cm³/mol. The van der Waals surface area contributed by atoms with Gasteiger partial charge in [-0.3, -0.25) is 14.2 Å². The lowest BCUT2D eigenvalue weighted by Crippen LogP contribution is -2.39. The fourth-order valence-corrected chi connectivity index (χ4v) is 5.71. The number of hydrogen-bond donors (Lipinski definition) is 0. The lowest BCUT2D eigenvalue weighted by Gasteiger charge is -2.24. The van der Waals surface area contributed by atoms with Gasteiger partial charge in [-0.2, -0.15) is 0 Å². The minimum atomic E-state index is -0.759. The van der Waals surface area contributed by atoms with Crippen LogP contribution in [0.25, 0.3) is 6.08 Å². The maximum absolute atomic E-state index is 13.7. The maximum atomic E-state index is 13.7. The monoisotopic (exact) mass is 584 g/mol. The normalized spacial score (nSPS) is 16.3. The smallest absolute Gasteiger partial charge is 0.338 e. The van der Waals surface area contributed by atoms with Crippen molar-refractivity contribution in [3.63, 3.8) is 0 Å². The number of rotatable bonds is 5. The summed E-state index contributed by atoms with van der Waals surface area (Å²) in [5.41, 5.74) is 1.84. The van der Waals surface area contributed by atoms with E-state index in [0.717, 1.165) is 0 Å². The van der Waals surface area contributed by atoms with Crippen molar-refractivity contribution < 1.29 is 28.5 Å². The molecule has 2 aliphatic rings. The Labute approximate surface area is 223 Å². The molecule has 0 unspecified atom stereocenters. The summed E-state index contributed by atoms with van der Waals surface area (Å²) < 4.78 is 24.0. The molecule has 11 heteroatoms. The number of aromatic nitrogens is 1. The van der Waals surface area contributed by atoms with Crippen LogP contribution in [0.4, 0.5) is 0 Å². The van der Waals surface area contributed by atoms with Crippen LogP contribution in [0, 0.1) is 0 Å². The van der Waals surface area contributed by atoms with Crippen LogP contribution in [0.15, 0.2) is 61.9 Å². The van der Waals surface area contributed by atoms with Crippen molar-refractivity contribution in [2.45, 2.75) is 26.8 Å². The highest BCUT2D eigenvalue weighted by Gasteiger charge is 2.34. The molecule has 0 bridgehead atoms. The number of thiazole rings is 1. The average molecular weight is 585 g/mol. The summed E-state index contributed by atoms with van der Waals surface area (Å²) >= 11 is 4.62. The van der Waals surface area contributed by atoms with Crippen molar-refractivity contribution in [3.8, 4) is 17.2 Å². The van der Waals surface area contributed by atoms with Gasteiger partial charge >= 0.3 is 11.9 Å². The van der Waals surface area contributed by atoms with Gasteiger partial charge in [-0.1, -0.05) is 23.5 Å². The average Bonchev–Trinajstić information content (AvgIpc) is 3.43. The lowest BCUT2D eigenvalue weighted by molar-refractivity contribution is -0.139. The van der Waals surface area contributed by atoms with E-state index in [4.69, 9.17) is 18.9 Å². The van der Waals surface area contributed by atoms with Crippen molar-refractivity contribution in [1.29, 1.82) is 0 Å². The minimum absolute atomic E-state index is 0.104. The van der Waals surface area contributed by atoms with Gasteiger partial charge in [-0.25, -0.2) is 9.79 Å². The van der Waals surface area contributed by atoms with Crippen LogP contribution in [0.3, 0.4) is 0 Å². The Morgan fingerprint density at radius 1 is 1.22 bits per heavy atom. The summed E-state index contributed by atoms with van der Waals surface area (Å²) in [6, 6.07) is 9.71. The largest absolute Gasteiger partial charge is 0.463 e. The van der Waals surface area contributed by atoms with Gasteiger partial charge in [0.05, 0.1) is 32.9 Å². The first-order valence-corrected chi connectivity index (χ1v) is 12.9. The van der Waals surface area contributed by atoms with Crippen molar-refractivity contribution in [2.24, 2.45) is 4.99 Å². The Morgan fingerprint density at radius 3 is 2.73 bits per heavy atom. The van der Waals surface area contributed by atoms with E-state index in [1.807, 2.05) is 0 Å². The van der Waals surface area contributed by atoms with Crippen molar-refractivity contribution in [3.05, 3.63) is 83.0 Å². The SMILES string of the molecule is CCOC(=O)C1=C(C)N=c2s/c(=C\c3ccc(OC(C)=O)c(Br)c3)c(=O)n2[C@H]1c1ccc2c(c1)OCO2. The van der Waals surface area contributed by atoms with E-state index in [1.165, 1.54) is 22.8 Å². The molecule has 0 N–H and O–H groups in total. The lowest BCUT2D eigenvalue weighted by atomic mass is 9.95. The summed E-state index contributed by atoms with van der Waals surface area (Å²) in [7, 11) is 0. The molecule has 5 rings (SSSR count). The zero-order chi connectivity index (χ0) is 26.3. The highest BCUT2D eigenvalue weighted by atomic mass is 79.9. The molecular weight excluding hydrogens is 564 g/mol. The third kappa shape index (κ3) is 4.72. The Morgan fingerprint density at radius 2 is 2.00 bits per heavy atom. The molecular formula is C26H21BrN2O7S. The van der Waals surface area contributed by atoms with Gasteiger partial charge in [0.1, 0.15) is 5.75 Å². The van der Waals surface area contributed by atoms with E-state index >= 15 is 0 Å². The number of ether oxygens (including phenoxy) is 4. The first-order chi connectivity index (χ1) is 17.8. The molecule has 1 atom stereocenters. The second-order valence-electron chi connectivity index (χ2n) is 8.20. The molecule has 0 radical (unpaired) electrons. The second kappa shape index (κ2) is 9.98. The summed E-state index contributed by atoms with van der Waals surface area (Å²) in [4.78, 5) is 43.1. The van der Waals surface area contributed by atoms with Crippen LogP contribution in [0.2, 0.25) is 0 Å². The number of carbonyl (C=O) groups is 2. The molecule has 37 heavy (non-hydrogen) atoms. The number of fused-ring (bicyclic) bond motifs is 2. The molecule has 0 aliphatic carbocycles. The number of hydrogen-bond acceptors (Lipinski definition) is 9. The van der Waals surface area contributed by atoms with Crippen molar-refractivity contribution in [2.75, 3.05) is 13.4 Å². The van der Waals surface area contributed by atoms with Crippen molar-refractivity contribution >= 4 is 45.3 Å². The van der Waals surface area contributed by atoms with Crippen LogP contribution >= 0.6 is 27.3 Å². The molecule has 3 heterocycles. The quantitative estimate of drug-likeness (QED) is 0.335. The molecule has 3 aromatic rings. The molecule has 0 spiro atoms. The zero-order valence-electron chi connectivity index (χ0n) is 20.1. The van der Waals surface area contributed by atoms with Crippen LogP contribution in [0.5, 0.6) is 17.2 Å². The van der Waals surface area contributed by atoms with Gasteiger partial charge in [-0.05, 0) is 71.2 Å².